The highest BCUT2D eigenvalue weighted by Crippen LogP contribution is 2.19. The molecule has 2 heterocycles. The molecule has 1 atom stereocenters. The molecule has 2 amide bonds. The SMILES string of the molecule is Cc1ncsc1CCCNC(=O)[C@H]1CCC(=O)N(CCc2ccccc2)C1. The highest BCUT2D eigenvalue weighted by molar-refractivity contribution is 7.09. The van der Waals surface area contributed by atoms with Crippen LogP contribution in [-0.4, -0.2) is 41.3 Å². The van der Waals surface area contributed by atoms with Crippen LogP contribution in [0.2, 0.25) is 0 Å². The zero-order valence-electron chi connectivity index (χ0n) is 15.8. The average Bonchev–Trinajstić information content (AvgIpc) is 3.10. The van der Waals surface area contributed by atoms with Crippen molar-refractivity contribution < 1.29 is 9.59 Å². The van der Waals surface area contributed by atoms with E-state index in [-0.39, 0.29) is 17.7 Å². The van der Waals surface area contributed by atoms with Crippen LogP contribution in [0.25, 0.3) is 0 Å². The van der Waals surface area contributed by atoms with Gasteiger partial charge in [-0.05, 0) is 38.2 Å². The minimum Gasteiger partial charge on any atom is -0.356 e. The second-order valence-corrected chi connectivity index (χ2v) is 8.01. The van der Waals surface area contributed by atoms with Crippen LogP contribution < -0.4 is 5.32 Å². The van der Waals surface area contributed by atoms with Crippen molar-refractivity contribution in [2.24, 2.45) is 5.92 Å². The number of hydrogen-bond acceptors (Lipinski definition) is 4. The maximum absolute atomic E-state index is 12.5. The van der Waals surface area contributed by atoms with Gasteiger partial charge in [0.1, 0.15) is 0 Å². The number of aryl methyl sites for hydroxylation is 2. The molecule has 6 heteroatoms. The number of amides is 2. The highest BCUT2D eigenvalue weighted by atomic mass is 32.1. The molecule has 0 aliphatic carbocycles. The van der Waals surface area contributed by atoms with E-state index in [1.165, 1.54) is 10.4 Å². The number of benzene rings is 1. The number of rotatable bonds is 8. The van der Waals surface area contributed by atoms with E-state index >= 15 is 0 Å². The Morgan fingerprint density at radius 3 is 2.85 bits per heavy atom. The first-order valence-corrected chi connectivity index (χ1v) is 10.5. The largest absolute Gasteiger partial charge is 0.356 e. The van der Waals surface area contributed by atoms with Crippen LogP contribution in [0.1, 0.15) is 35.4 Å². The molecule has 1 aliphatic rings. The first kappa shape index (κ1) is 19.5. The van der Waals surface area contributed by atoms with Crippen molar-refractivity contribution in [3.63, 3.8) is 0 Å². The minimum atomic E-state index is -0.0939. The van der Waals surface area contributed by atoms with Crippen LogP contribution in [-0.2, 0) is 22.4 Å². The van der Waals surface area contributed by atoms with E-state index < -0.39 is 0 Å². The van der Waals surface area contributed by atoms with Crippen LogP contribution in [0.4, 0.5) is 0 Å². The molecule has 3 rings (SSSR count). The Morgan fingerprint density at radius 1 is 1.30 bits per heavy atom. The van der Waals surface area contributed by atoms with Crippen molar-refractivity contribution in [3.05, 3.63) is 52.0 Å². The van der Waals surface area contributed by atoms with Gasteiger partial charge in [-0.3, -0.25) is 9.59 Å². The average molecular weight is 386 g/mol. The number of hydrogen-bond donors (Lipinski definition) is 1. The van der Waals surface area contributed by atoms with Gasteiger partial charge in [-0.2, -0.15) is 0 Å². The van der Waals surface area contributed by atoms with E-state index in [4.69, 9.17) is 0 Å². The van der Waals surface area contributed by atoms with Gasteiger partial charge in [-0.25, -0.2) is 4.98 Å². The molecular formula is C21H27N3O2S. The molecule has 1 fully saturated rings. The van der Waals surface area contributed by atoms with E-state index in [1.54, 1.807) is 11.3 Å². The van der Waals surface area contributed by atoms with Gasteiger partial charge in [-0.15, -0.1) is 11.3 Å². The van der Waals surface area contributed by atoms with Gasteiger partial charge in [0.2, 0.25) is 11.8 Å². The van der Waals surface area contributed by atoms with Gasteiger partial charge in [-0.1, -0.05) is 30.3 Å². The van der Waals surface area contributed by atoms with Crippen molar-refractivity contribution in [2.45, 2.75) is 39.0 Å². The molecule has 1 aliphatic heterocycles. The predicted molar refractivity (Wildman–Crippen MR) is 108 cm³/mol. The number of nitrogens with zero attached hydrogens (tertiary/aromatic N) is 2. The molecule has 0 saturated carbocycles. The predicted octanol–water partition coefficient (Wildman–Crippen LogP) is 2.98. The van der Waals surface area contributed by atoms with E-state index in [0.717, 1.165) is 25.0 Å². The maximum atomic E-state index is 12.5. The molecule has 1 aromatic heterocycles. The number of carbonyl (C=O) groups excluding carboxylic acids is 2. The molecule has 0 unspecified atom stereocenters. The third-order valence-corrected chi connectivity index (χ3v) is 6.10. The van der Waals surface area contributed by atoms with Gasteiger partial charge in [0, 0.05) is 30.9 Å². The van der Waals surface area contributed by atoms with Gasteiger partial charge in [0.15, 0.2) is 0 Å². The summed E-state index contributed by atoms with van der Waals surface area (Å²) in [5.41, 5.74) is 4.17. The fourth-order valence-corrected chi connectivity index (χ4v) is 4.25. The van der Waals surface area contributed by atoms with Gasteiger partial charge >= 0.3 is 0 Å². The smallest absolute Gasteiger partial charge is 0.224 e. The lowest BCUT2D eigenvalue weighted by molar-refractivity contribution is -0.138. The van der Waals surface area contributed by atoms with Crippen molar-refractivity contribution in [1.82, 2.24) is 15.2 Å². The van der Waals surface area contributed by atoms with Gasteiger partial charge < -0.3 is 10.2 Å². The van der Waals surface area contributed by atoms with E-state index in [0.29, 0.717) is 32.5 Å². The Morgan fingerprint density at radius 2 is 2.11 bits per heavy atom. The lowest BCUT2D eigenvalue weighted by Crippen LogP contribution is -2.46. The van der Waals surface area contributed by atoms with E-state index in [9.17, 15) is 9.59 Å². The summed E-state index contributed by atoms with van der Waals surface area (Å²) >= 11 is 1.67. The summed E-state index contributed by atoms with van der Waals surface area (Å²) in [6, 6.07) is 10.2. The van der Waals surface area contributed by atoms with Crippen LogP contribution in [0, 0.1) is 12.8 Å². The first-order valence-electron chi connectivity index (χ1n) is 9.62. The zero-order chi connectivity index (χ0) is 19.1. The molecule has 1 N–H and O–H groups in total. The van der Waals surface area contributed by atoms with E-state index in [2.05, 4.69) is 22.4 Å². The summed E-state index contributed by atoms with van der Waals surface area (Å²) in [7, 11) is 0. The summed E-state index contributed by atoms with van der Waals surface area (Å²) in [5.74, 6) is 0.146. The third kappa shape index (κ3) is 5.63. The summed E-state index contributed by atoms with van der Waals surface area (Å²) in [5, 5.41) is 3.05. The number of carbonyl (C=O) groups is 2. The van der Waals surface area contributed by atoms with Gasteiger partial charge in [0.05, 0.1) is 17.1 Å². The minimum absolute atomic E-state index is 0.0771. The topological polar surface area (TPSA) is 62.3 Å². The van der Waals surface area contributed by atoms with Crippen molar-refractivity contribution in [1.29, 1.82) is 0 Å². The second-order valence-electron chi connectivity index (χ2n) is 7.07. The summed E-state index contributed by atoms with van der Waals surface area (Å²) in [4.78, 5) is 32.1. The number of thiazole rings is 1. The monoisotopic (exact) mass is 385 g/mol. The number of aromatic nitrogens is 1. The quantitative estimate of drug-likeness (QED) is 0.711. The van der Waals surface area contributed by atoms with Crippen molar-refractivity contribution in [2.75, 3.05) is 19.6 Å². The Kier molecular flexibility index (Phi) is 6.98. The number of piperidine rings is 1. The molecule has 0 radical (unpaired) electrons. The Labute approximate surface area is 164 Å². The molecule has 2 aromatic rings. The lowest BCUT2D eigenvalue weighted by Gasteiger charge is -2.32. The molecule has 0 bridgehead atoms. The molecule has 144 valence electrons. The van der Waals surface area contributed by atoms with Crippen LogP contribution >= 0.6 is 11.3 Å². The van der Waals surface area contributed by atoms with Crippen LogP contribution in [0.5, 0.6) is 0 Å². The van der Waals surface area contributed by atoms with Crippen molar-refractivity contribution in [3.8, 4) is 0 Å². The number of likely N-dealkylation sites (tertiary alicyclic amines) is 1. The van der Waals surface area contributed by atoms with Crippen molar-refractivity contribution >= 4 is 23.2 Å². The number of nitrogens with one attached hydrogen (secondary N) is 1. The first-order chi connectivity index (χ1) is 13.1. The summed E-state index contributed by atoms with van der Waals surface area (Å²) in [6.07, 6.45) is 3.81. The molecule has 5 nitrogen and oxygen atoms in total. The molecule has 1 aromatic carbocycles. The third-order valence-electron chi connectivity index (χ3n) is 5.11. The van der Waals surface area contributed by atoms with Crippen LogP contribution in [0.15, 0.2) is 35.8 Å². The Balaban J connectivity index is 1.41. The second kappa shape index (κ2) is 9.65. The fraction of sp³-hybridized carbons (Fsp3) is 0.476. The van der Waals surface area contributed by atoms with Gasteiger partial charge in [0.25, 0.3) is 0 Å². The molecule has 27 heavy (non-hydrogen) atoms. The maximum Gasteiger partial charge on any atom is 0.224 e. The lowest BCUT2D eigenvalue weighted by atomic mass is 9.96. The Hall–Kier alpha value is -2.21. The summed E-state index contributed by atoms with van der Waals surface area (Å²) in [6.45, 7) is 3.90. The summed E-state index contributed by atoms with van der Waals surface area (Å²) < 4.78 is 0. The molecular weight excluding hydrogens is 358 g/mol. The normalized spacial score (nSPS) is 17.1. The van der Waals surface area contributed by atoms with E-state index in [1.807, 2.05) is 35.5 Å². The highest BCUT2D eigenvalue weighted by Gasteiger charge is 2.29. The molecule has 1 saturated heterocycles. The zero-order valence-corrected chi connectivity index (χ0v) is 16.6. The Bertz CT molecular complexity index is 760. The van der Waals surface area contributed by atoms with Crippen LogP contribution in [0.3, 0.4) is 0 Å². The fourth-order valence-electron chi connectivity index (χ4n) is 3.42. The standard InChI is InChI=1S/C21H27N3O2S/c1-16-19(27-15-23-16)8-5-12-22-21(26)18-9-10-20(25)24(14-18)13-11-17-6-3-2-4-7-17/h2-4,6-7,15,18H,5,8-14H2,1H3,(H,22,26)/t18-/m0/s1. The molecule has 0 spiro atoms.